The van der Waals surface area contributed by atoms with Crippen LogP contribution < -0.4 is 0 Å². The Kier molecular flexibility index (Phi) is 4.86. The number of nitrogens with zero attached hydrogens (tertiary/aromatic N) is 1. The van der Waals surface area contributed by atoms with Gasteiger partial charge in [0.25, 0.3) is 0 Å². The molecule has 1 aliphatic rings. The maximum atomic E-state index is 12.0. The Morgan fingerprint density at radius 3 is 2.68 bits per heavy atom. The maximum absolute atomic E-state index is 12.0. The number of hydrogen-bond donors (Lipinski definition) is 1. The van der Waals surface area contributed by atoms with Crippen molar-refractivity contribution in [1.29, 1.82) is 0 Å². The lowest BCUT2D eigenvalue weighted by molar-refractivity contribution is -0.127. The number of rotatable bonds is 3. The van der Waals surface area contributed by atoms with Gasteiger partial charge in [-0.1, -0.05) is 23.2 Å². The molecule has 0 spiro atoms. The lowest BCUT2D eigenvalue weighted by Crippen LogP contribution is -2.36. The average Bonchev–Trinajstić information content (AvgIpc) is 2.83. The number of likely N-dealkylation sites (tertiary alicyclic amines) is 1. The smallest absolute Gasteiger partial charge is 0.246 e. The monoisotopic (exact) mass is 299 g/mol. The first-order valence-corrected chi connectivity index (χ1v) is 6.91. The summed E-state index contributed by atoms with van der Waals surface area (Å²) in [5.74, 6) is -0.0901. The summed E-state index contributed by atoms with van der Waals surface area (Å²) in [4.78, 5) is 13.7. The van der Waals surface area contributed by atoms with Crippen LogP contribution in [0.2, 0.25) is 10.0 Å². The first-order valence-electron chi connectivity index (χ1n) is 6.16. The van der Waals surface area contributed by atoms with Gasteiger partial charge in [0.1, 0.15) is 0 Å². The molecular formula is C14H15Cl2NO2. The Morgan fingerprint density at radius 1 is 1.37 bits per heavy atom. The Bertz CT molecular complexity index is 482. The number of carbonyl (C=O) groups is 1. The van der Waals surface area contributed by atoms with Crippen LogP contribution >= 0.6 is 23.2 Å². The van der Waals surface area contributed by atoms with Crippen LogP contribution in [0.4, 0.5) is 0 Å². The van der Waals surface area contributed by atoms with E-state index in [1.54, 1.807) is 29.2 Å². The Balaban J connectivity index is 2.07. The van der Waals surface area contributed by atoms with Crippen molar-refractivity contribution in [3.8, 4) is 0 Å². The second kappa shape index (κ2) is 6.42. The highest BCUT2D eigenvalue weighted by Crippen LogP contribution is 2.21. The quantitative estimate of drug-likeness (QED) is 0.872. The van der Waals surface area contributed by atoms with Gasteiger partial charge in [0.15, 0.2) is 0 Å². The summed E-state index contributed by atoms with van der Waals surface area (Å²) >= 11 is 11.8. The molecule has 0 saturated carbocycles. The fourth-order valence-corrected chi connectivity index (χ4v) is 2.79. The first kappa shape index (κ1) is 14.4. The van der Waals surface area contributed by atoms with Gasteiger partial charge in [-0.25, -0.2) is 0 Å². The third kappa shape index (κ3) is 3.72. The standard InChI is InChI=1S/C14H15Cl2NO2/c15-11-6-10(7-12(16)8-11)3-4-14(19)17-5-1-2-13(17)9-18/h3-4,6-8,13,18H,1-2,5,9H2. The van der Waals surface area contributed by atoms with Crippen LogP contribution in [0.3, 0.4) is 0 Å². The number of amides is 1. The van der Waals surface area contributed by atoms with Crippen LogP contribution in [0.1, 0.15) is 18.4 Å². The molecule has 1 N–H and O–H groups in total. The molecule has 0 aromatic heterocycles. The zero-order chi connectivity index (χ0) is 13.8. The highest BCUT2D eigenvalue weighted by Gasteiger charge is 2.26. The minimum Gasteiger partial charge on any atom is -0.394 e. The van der Waals surface area contributed by atoms with Gasteiger partial charge in [-0.15, -0.1) is 0 Å². The van der Waals surface area contributed by atoms with E-state index in [9.17, 15) is 9.90 Å². The normalized spacial score (nSPS) is 19.3. The van der Waals surface area contributed by atoms with Crippen molar-refractivity contribution in [3.05, 3.63) is 39.9 Å². The molecular weight excluding hydrogens is 285 g/mol. The van der Waals surface area contributed by atoms with E-state index in [2.05, 4.69) is 0 Å². The van der Waals surface area contributed by atoms with Crippen LogP contribution in [-0.4, -0.2) is 35.1 Å². The highest BCUT2D eigenvalue weighted by molar-refractivity contribution is 6.34. The van der Waals surface area contributed by atoms with Crippen molar-refractivity contribution < 1.29 is 9.90 Å². The van der Waals surface area contributed by atoms with E-state index in [0.717, 1.165) is 18.4 Å². The molecule has 2 rings (SSSR count). The molecule has 1 saturated heterocycles. The SMILES string of the molecule is O=C(C=Cc1cc(Cl)cc(Cl)c1)N1CCCC1CO. The Hall–Kier alpha value is -1.03. The number of aliphatic hydroxyl groups is 1. The maximum Gasteiger partial charge on any atom is 0.246 e. The van der Waals surface area contributed by atoms with Crippen LogP contribution in [0.15, 0.2) is 24.3 Å². The van der Waals surface area contributed by atoms with Crippen molar-refractivity contribution in [1.82, 2.24) is 4.90 Å². The summed E-state index contributed by atoms with van der Waals surface area (Å²) in [5, 5.41) is 10.3. The second-order valence-corrected chi connectivity index (χ2v) is 5.42. The second-order valence-electron chi connectivity index (χ2n) is 4.55. The molecule has 0 bridgehead atoms. The topological polar surface area (TPSA) is 40.5 Å². The highest BCUT2D eigenvalue weighted by atomic mass is 35.5. The average molecular weight is 300 g/mol. The summed E-state index contributed by atoms with van der Waals surface area (Å²) in [6.07, 6.45) is 4.98. The van der Waals surface area contributed by atoms with E-state index in [1.807, 2.05) is 0 Å². The van der Waals surface area contributed by atoms with Gasteiger partial charge in [0, 0.05) is 22.7 Å². The van der Waals surface area contributed by atoms with Gasteiger partial charge in [-0.05, 0) is 42.7 Å². The summed E-state index contributed by atoms with van der Waals surface area (Å²) in [5.41, 5.74) is 0.783. The minimum atomic E-state index is -0.0901. The lowest BCUT2D eigenvalue weighted by atomic mass is 10.2. The lowest BCUT2D eigenvalue weighted by Gasteiger charge is -2.21. The van der Waals surface area contributed by atoms with E-state index in [4.69, 9.17) is 23.2 Å². The molecule has 1 amide bonds. The van der Waals surface area contributed by atoms with E-state index in [1.165, 1.54) is 6.08 Å². The summed E-state index contributed by atoms with van der Waals surface area (Å²) in [6, 6.07) is 5.07. The van der Waals surface area contributed by atoms with Crippen LogP contribution in [0.5, 0.6) is 0 Å². The van der Waals surface area contributed by atoms with Crippen LogP contribution in [-0.2, 0) is 4.79 Å². The number of benzene rings is 1. The molecule has 1 heterocycles. The van der Waals surface area contributed by atoms with Crippen molar-refractivity contribution >= 4 is 35.2 Å². The molecule has 1 aromatic rings. The molecule has 0 radical (unpaired) electrons. The van der Waals surface area contributed by atoms with E-state index >= 15 is 0 Å². The van der Waals surface area contributed by atoms with Gasteiger partial charge < -0.3 is 10.0 Å². The third-order valence-corrected chi connectivity index (χ3v) is 3.61. The van der Waals surface area contributed by atoms with E-state index < -0.39 is 0 Å². The van der Waals surface area contributed by atoms with Crippen molar-refractivity contribution in [2.45, 2.75) is 18.9 Å². The molecule has 5 heteroatoms. The summed E-state index contributed by atoms with van der Waals surface area (Å²) in [6.45, 7) is 0.716. The molecule has 1 atom stereocenters. The fraction of sp³-hybridized carbons (Fsp3) is 0.357. The molecule has 1 aromatic carbocycles. The van der Waals surface area contributed by atoms with Crippen LogP contribution in [0, 0.1) is 0 Å². The van der Waals surface area contributed by atoms with Crippen molar-refractivity contribution in [3.63, 3.8) is 0 Å². The molecule has 102 valence electrons. The third-order valence-electron chi connectivity index (χ3n) is 3.17. The minimum absolute atomic E-state index is 0.0164. The number of aliphatic hydroxyl groups excluding tert-OH is 1. The molecule has 19 heavy (non-hydrogen) atoms. The van der Waals surface area contributed by atoms with Gasteiger partial charge in [-0.3, -0.25) is 4.79 Å². The molecule has 0 aliphatic carbocycles. The zero-order valence-corrected chi connectivity index (χ0v) is 11.9. The summed E-state index contributed by atoms with van der Waals surface area (Å²) < 4.78 is 0. The van der Waals surface area contributed by atoms with Gasteiger partial charge in [-0.2, -0.15) is 0 Å². The first-order chi connectivity index (χ1) is 9.10. The molecule has 1 unspecified atom stereocenters. The Morgan fingerprint density at radius 2 is 2.05 bits per heavy atom. The Labute approximate surface area is 122 Å². The van der Waals surface area contributed by atoms with E-state index in [-0.39, 0.29) is 18.6 Å². The number of halogens is 2. The van der Waals surface area contributed by atoms with Crippen LogP contribution in [0.25, 0.3) is 6.08 Å². The molecule has 1 fully saturated rings. The fourth-order valence-electron chi connectivity index (χ4n) is 2.25. The van der Waals surface area contributed by atoms with Gasteiger partial charge >= 0.3 is 0 Å². The summed E-state index contributed by atoms with van der Waals surface area (Å²) in [7, 11) is 0. The van der Waals surface area contributed by atoms with E-state index in [0.29, 0.717) is 16.6 Å². The predicted octanol–water partition coefficient (Wildman–Crippen LogP) is 2.99. The largest absolute Gasteiger partial charge is 0.394 e. The van der Waals surface area contributed by atoms with Crippen molar-refractivity contribution in [2.24, 2.45) is 0 Å². The predicted molar refractivity (Wildman–Crippen MR) is 77.3 cm³/mol. The zero-order valence-electron chi connectivity index (χ0n) is 10.4. The molecule has 3 nitrogen and oxygen atoms in total. The number of carbonyl (C=O) groups excluding carboxylic acids is 1. The molecule has 1 aliphatic heterocycles. The van der Waals surface area contributed by atoms with Crippen molar-refractivity contribution in [2.75, 3.05) is 13.2 Å². The number of hydrogen-bond acceptors (Lipinski definition) is 2. The van der Waals surface area contributed by atoms with Gasteiger partial charge in [0.05, 0.1) is 12.6 Å². The van der Waals surface area contributed by atoms with Gasteiger partial charge in [0.2, 0.25) is 5.91 Å².